The molecule has 148 valence electrons. The summed E-state index contributed by atoms with van der Waals surface area (Å²) in [5.41, 5.74) is 4.62. The van der Waals surface area contributed by atoms with Gasteiger partial charge in [0.1, 0.15) is 5.69 Å². The van der Waals surface area contributed by atoms with Crippen LogP contribution >= 0.6 is 0 Å². The Morgan fingerprint density at radius 1 is 1.14 bits per heavy atom. The summed E-state index contributed by atoms with van der Waals surface area (Å²) in [6.45, 7) is 4.86. The van der Waals surface area contributed by atoms with Gasteiger partial charge in [-0.3, -0.25) is 19.3 Å². The lowest BCUT2D eigenvalue weighted by molar-refractivity contribution is -0.130. The average Bonchev–Trinajstić information content (AvgIpc) is 3.34. The van der Waals surface area contributed by atoms with E-state index in [2.05, 4.69) is 10.1 Å². The van der Waals surface area contributed by atoms with Crippen molar-refractivity contribution in [2.45, 2.75) is 45.6 Å². The number of carbonyl (C=O) groups excluding carboxylic acids is 2. The Hall–Kier alpha value is -2.70. The van der Waals surface area contributed by atoms with Gasteiger partial charge in [0.25, 0.3) is 5.91 Å². The van der Waals surface area contributed by atoms with Gasteiger partial charge in [0.15, 0.2) is 0 Å². The number of rotatable bonds is 4. The zero-order chi connectivity index (χ0) is 19.7. The fourth-order valence-corrected chi connectivity index (χ4v) is 4.25. The van der Waals surface area contributed by atoms with Gasteiger partial charge in [0, 0.05) is 69.9 Å². The zero-order valence-corrected chi connectivity index (χ0v) is 16.6. The molecule has 28 heavy (non-hydrogen) atoms. The van der Waals surface area contributed by atoms with Crippen molar-refractivity contribution in [3.05, 3.63) is 46.5 Å². The van der Waals surface area contributed by atoms with Crippen LogP contribution < -0.4 is 0 Å². The van der Waals surface area contributed by atoms with Crippen molar-refractivity contribution in [1.82, 2.24) is 24.6 Å². The number of aryl methyl sites for hydroxylation is 3. The molecule has 7 nitrogen and oxygen atoms in total. The summed E-state index contributed by atoms with van der Waals surface area (Å²) in [4.78, 5) is 33.5. The molecule has 1 fully saturated rings. The number of amides is 2. The van der Waals surface area contributed by atoms with Gasteiger partial charge in [-0.25, -0.2) is 0 Å². The standard InChI is InChI=1S/C21H27N5O2/c1-15-6-5-10-22-20(15)21(28)26-13-9-18-16(14-26)17(23-24(18)2)7-8-19(27)25-11-3-4-12-25/h5-6,10H,3-4,7-9,11-14H2,1-2H3. The molecular formula is C21H27N5O2. The first-order chi connectivity index (χ1) is 13.5. The van der Waals surface area contributed by atoms with E-state index >= 15 is 0 Å². The van der Waals surface area contributed by atoms with Crippen molar-refractivity contribution >= 4 is 11.8 Å². The quantitative estimate of drug-likeness (QED) is 0.811. The maximum atomic E-state index is 13.0. The van der Waals surface area contributed by atoms with E-state index in [0.717, 1.165) is 49.2 Å². The first-order valence-corrected chi connectivity index (χ1v) is 10.1. The summed E-state index contributed by atoms with van der Waals surface area (Å²) in [5, 5.41) is 4.67. The minimum Gasteiger partial charge on any atom is -0.343 e. The van der Waals surface area contributed by atoms with Crippen LogP contribution in [0.2, 0.25) is 0 Å². The highest BCUT2D eigenvalue weighted by Crippen LogP contribution is 2.25. The number of hydrogen-bond acceptors (Lipinski definition) is 4. The summed E-state index contributed by atoms with van der Waals surface area (Å²) in [5.74, 6) is 0.177. The van der Waals surface area contributed by atoms with Gasteiger partial charge < -0.3 is 9.80 Å². The highest BCUT2D eigenvalue weighted by molar-refractivity contribution is 5.93. The smallest absolute Gasteiger partial charge is 0.273 e. The van der Waals surface area contributed by atoms with Gasteiger partial charge in [-0.05, 0) is 31.4 Å². The molecule has 0 radical (unpaired) electrons. The average molecular weight is 381 g/mol. The number of aromatic nitrogens is 3. The fraction of sp³-hybridized carbons (Fsp3) is 0.524. The normalized spacial score (nSPS) is 16.4. The maximum Gasteiger partial charge on any atom is 0.273 e. The van der Waals surface area contributed by atoms with E-state index in [1.54, 1.807) is 6.20 Å². The Morgan fingerprint density at radius 3 is 2.68 bits per heavy atom. The Morgan fingerprint density at radius 2 is 1.93 bits per heavy atom. The molecule has 0 unspecified atom stereocenters. The first kappa shape index (κ1) is 18.7. The molecule has 2 amide bonds. The van der Waals surface area contributed by atoms with Gasteiger partial charge >= 0.3 is 0 Å². The molecule has 0 atom stereocenters. The molecule has 0 aliphatic carbocycles. The van der Waals surface area contributed by atoms with Gasteiger partial charge in [-0.1, -0.05) is 6.07 Å². The number of fused-ring (bicyclic) bond motifs is 1. The van der Waals surface area contributed by atoms with Gasteiger partial charge in [0.2, 0.25) is 5.91 Å². The van der Waals surface area contributed by atoms with Gasteiger partial charge in [-0.15, -0.1) is 0 Å². The van der Waals surface area contributed by atoms with E-state index in [4.69, 9.17) is 0 Å². The lowest BCUT2D eigenvalue weighted by Gasteiger charge is -2.28. The lowest BCUT2D eigenvalue weighted by atomic mass is 10.0. The van der Waals surface area contributed by atoms with Crippen molar-refractivity contribution in [3.63, 3.8) is 0 Å². The van der Waals surface area contributed by atoms with Crippen molar-refractivity contribution in [2.24, 2.45) is 7.05 Å². The minimum atomic E-state index is -0.0355. The van der Waals surface area contributed by atoms with Crippen molar-refractivity contribution in [3.8, 4) is 0 Å². The van der Waals surface area contributed by atoms with Gasteiger partial charge in [-0.2, -0.15) is 5.10 Å². The van der Waals surface area contributed by atoms with E-state index in [9.17, 15) is 9.59 Å². The maximum absolute atomic E-state index is 13.0. The van der Waals surface area contributed by atoms with E-state index in [-0.39, 0.29) is 11.8 Å². The SMILES string of the molecule is Cc1cccnc1C(=O)N1CCc2c(c(CCC(=O)N3CCCC3)nn2C)C1. The molecule has 4 heterocycles. The van der Waals surface area contributed by atoms with E-state index in [1.807, 2.05) is 40.6 Å². The molecule has 0 N–H and O–H groups in total. The molecule has 0 aromatic carbocycles. The highest BCUT2D eigenvalue weighted by atomic mass is 16.2. The Kier molecular flexibility index (Phi) is 5.15. The van der Waals surface area contributed by atoms with Crippen LogP contribution in [0.1, 0.15) is 52.3 Å². The second-order valence-corrected chi connectivity index (χ2v) is 7.73. The van der Waals surface area contributed by atoms with Crippen LogP contribution in [0.25, 0.3) is 0 Å². The lowest BCUT2D eigenvalue weighted by Crippen LogP contribution is -2.37. The molecule has 7 heteroatoms. The van der Waals surface area contributed by atoms with Crippen LogP contribution in [-0.4, -0.2) is 56.0 Å². The third kappa shape index (κ3) is 3.53. The molecule has 0 spiro atoms. The van der Waals surface area contributed by atoms with E-state index in [1.165, 1.54) is 5.69 Å². The zero-order valence-electron chi connectivity index (χ0n) is 16.6. The number of hydrogen-bond donors (Lipinski definition) is 0. The largest absolute Gasteiger partial charge is 0.343 e. The first-order valence-electron chi connectivity index (χ1n) is 10.1. The van der Waals surface area contributed by atoms with Crippen LogP contribution in [0.15, 0.2) is 18.3 Å². The Bertz CT molecular complexity index is 898. The van der Waals surface area contributed by atoms with Crippen molar-refractivity contribution in [2.75, 3.05) is 19.6 Å². The summed E-state index contributed by atoms with van der Waals surface area (Å²) < 4.78 is 1.92. The van der Waals surface area contributed by atoms with Crippen LogP contribution in [-0.2, 0) is 31.2 Å². The topological polar surface area (TPSA) is 71.3 Å². The van der Waals surface area contributed by atoms with Crippen LogP contribution in [0.3, 0.4) is 0 Å². The highest BCUT2D eigenvalue weighted by Gasteiger charge is 2.29. The molecule has 4 rings (SSSR count). The number of pyridine rings is 1. The summed E-state index contributed by atoms with van der Waals surface area (Å²) in [7, 11) is 1.95. The molecular weight excluding hydrogens is 354 g/mol. The van der Waals surface area contributed by atoms with Crippen molar-refractivity contribution in [1.29, 1.82) is 0 Å². The minimum absolute atomic E-state index is 0.0355. The Balaban J connectivity index is 1.49. The fourth-order valence-electron chi connectivity index (χ4n) is 4.25. The summed E-state index contributed by atoms with van der Waals surface area (Å²) in [6, 6.07) is 3.76. The second-order valence-electron chi connectivity index (χ2n) is 7.73. The number of nitrogens with zero attached hydrogens (tertiary/aromatic N) is 5. The number of carbonyl (C=O) groups is 2. The molecule has 0 bridgehead atoms. The van der Waals surface area contributed by atoms with Crippen molar-refractivity contribution < 1.29 is 9.59 Å². The molecule has 0 saturated carbocycles. The molecule has 2 aliphatic rings. The Labute approximate surface area is 165 Å². The molecule has 2 aromatic heterocycles. The number of likely N-dealkylation sites (tertiary alicyclic amines) is 1. The van der Waals surface area contributed by atoms with E-state index in [0.29, 0.717) is 31.6 Å². The van der Waals surface area contributed by atoms with Crippen LogP contribution in [0.4, 0.5) is 0 Å². The van der Waals surface area contributed by atoms with E-state index < -0.39 is 0 Å². The molecule has 2 aliphatic heterocycles. The monoisotopic (exact) mass is 381 g/mol. The predicted octanol–water partition coefficient (Wildman–Crippen LogP) is 1.88. The molecule has 2 aromatic rings. The third-order valence-electron chi connectivity index (χ3n) is 5.86. The molecule has 1 saturated heterocycles. The van der Waals surface area contributed by atoms with Gasteiger partial charge in [0.05, 0.1) is 5.69 Å². The second kappa shape index (κ2) is 7.73. The van der Waals surface area contributed by atoms with Crippen LogP contribution in [0.5, 0.6) is 0 Å². The predicted molar refractivity (Wildman–Crippen MR) is 105 cm³/mol. The summed E-state index contributed by atoms with van der Waals surface area (Å²) >= 11 is 0. The summed E-state index contributed by atoms with van der Waals surface area (Å²) in [6.07, 6.45) is 5.76. The third-order valence-corrected chi connectivity index (χ3v) is 5.86. The van der Waals surface area contributed by atoms with Crippen LogP contribution in [0, 0.1) is 6.92 Å².